The van der Waals surface area contributed by atoms with Crippen LogP contribution in [-0.4, -0.2) is 61.5 Å². The minimum Gasteiger partial charge on any atom is -0.389 e. The fraction of sp³-hybridized carbons (Fsp3) is 1.00. The summed E-state index contributed by atoms with van der Waals surface area (Å²) in [4.78, 5) is 2.50. The summed E-state index contributed by atoms with van der Waals surface area (Å²) in [6.45, 7) is 9.05. The summed E-state index contributed by atoms with van der Waals surface area (Å²) >= 11 is 0. The Morgan fingerprint density at radius 3 is 2.75 bits per heavy atom. The third-order valence-corrected chi connectivity index (χ3v) is 2.94. The first-order chi connectivity index (χ1) is 7.77. The van der Waals surface area contributed by atoms with E-state index in [-0.39, 0.29) is 6.10 Å². The van der Waals surface area contributed by atoms with Crippen molar-refractivity contribution in [3.05, 3.63) is 0 Å². The molecule has 2 N–H and O–H groups in total. The van der Waals surface area contributed by atoms with Gasteiger partial charge in [0.05, 0.1) is 12.7 Å². The smallest absolute Gasteiger partial charge is 0.0897 e. The lowest BCUT2D eigenvalue weighted by atomic mass is 10.3. The highest BCUT2D eigenvalue weighted by Gasteiger charge is 2.26. The van der Waals surface area contributed by atoms with Crippen molar-refractivity contribution in [3.63, 3.8) is 0 Å². The zero-order chi connectivity index (χ0) is 11.8. The minimum atomic E-state index is -0.379. The molecule has 0 bridgehead atoms. The second kappa shape index (κ2) is 8.01. The van der Waals surface area contributed by atoms with E-state index in [1.165, 1.54) is 12.8 Å². The van der Waals surface area contributed by atoms with Crippen molar-refractivity contribution in [2.45, 2.75) is 38.8 Å². The van der Waals surface area contributed by atoms with Gasteiger partial charge in [0.15, 0.2) is 0 Å². The number of rotatable bonds is 10. The van der Waals surface area contributed by atoms with E-state index in [0.29, 0.717) is 19.8 Å². The van der Waals surface area contributed by atoms with E-state index in [9.17, 15) is 5.11 Å². The Balaban J connectivity index is 1.93. The summed E-state index contributed by atoms with van der Waals surface area (Å²) in [6.07, 6.45) is 2.35. The van der Waals surface area contributed by atoms with Crippen molar-refractivity contribution in [3.8, 4) is 0 Å². The number of aliphatic hydroxyl groups excluding tert-OH is 1. The Bertz CT molecular complexity index is 174. The lowest BCUT2D eigenvalue weighted by molar-refractivity contribution is 0.0426. The molecule has 0 aromatic rings. The zero-order valence-electron chi connectivity index (χ0n) is 10.6. The molecule has 1 aliphatic carbocycles. The van der Waals surface area contributed by atoms with Crippen LogP contribution in [0.1, 0.15) is 26.7 Å². The monoisotopic (exact) mass is 230 g/mol. The second-order valence-electron chi connectivity index (χ2n) is 4.38. The molecule has 0 aliphatic heterocycles. The molecule has 0 radical (unpaired) electrons. The molecule has 1 aliphatic rings. The first-order valence-electron chi connectivity index (χ1n) is 6.48. The van der Waals surface area contributed by atoms with E-state index < -0.39 is 0 Å². The molecule has 4 nitrogen and oxygen atoms in total. The number of ether oxygens (including phenoxy) is 1. The Hall–Kier alpha value is -0.160. The van der Waals surface area contributed by atoms with Crippen LogP contribution in [0, 0.1) is 0 Å². The highest BCUT2D eigenvalue weighted by molar-refractivity contribution is 4.84. The molecule has 0 spiro atoms. The van der Waals surface area contributed by atoms with Gasteiger partial charge >= 0.3 is 0 Å². The Kier molecular flexibility index (Phi) is 6.96. The molecule has 4 heteroatoms. The highest BCUT2D eigenvalue weighted by Crippen LogP contribution is 2.25. The summed E-state index contributed by atoms with van der Waals surface area (Å²) in [6, 6.07) is 0.833. The summed E-state index contributed by atoms with van der Waals surface area (Å²) in [7, 11) is 0. The van der Waals surface area contributed by atoms with Crippen molar-refractivity contribution in [2.75, 3.05) is 39.4 Å². The van der Waals surface area contributed by atoms with Gasteiger partial charge in [0.2, 0.25) is 0 Å². The first kappa shape index (κ1) is 13.9. The van der Waals surface area contributed by atoms with Gasteiger partial charge in [0.25, 0.3) is 0 Å². The van der Waals surface area contributed by atoms with Gasteiger partial charge in [-0.3, -0.25) is 4.90 Å². The quantitative estimate of drug-likeness (QED) is 0.535. The van der Waals surface area contributed by atoms with E-state index in [0.717, 1.165) is 25.7 Å². The molecule has 0 heterocycles. The Morgan fingerprint density at radius 2 is 2.19 bits per heavy atom. The van der Waals surface area contributed by atoms with E-state index in [4.69, 9.17) is 4.74 Å². The summed E-state index contributed by atoms with van der Waals surface area (Å²) in [5.74, 6) is 0. The van der Waals surface area contributed by atoms with Gasteiger partial charge in [-0.15, -0.1) is 0 Å². The van der Waals surface area contributed by atoms with Crippen LogP contribution in [0.4, 0.5) is 0 Å². The van der Waals surface area contributed by atoms with Crippen molar-refractivity contribution in [2.24, 2.45) is 0 Å². The van der Waals surface area contributed by atoms with Crippen LogP contribution >= 0.6 is 0 Å². The number of hydrogen-bond acceptors (Lipinski definition) is 4. The molecule has 0 saturated heterocycles. The molecule has 1 fully saturated rings. The maximum atomic E-state index is 9.52. The van der Waals surface area contributed by atoms with Gasteiger partial charge in [-0.05, 0) is 26.3 Å². The lowest BCUT2D eigenvalue weighted by Gasteiger charge is -2.20. The van der Waals surface area contributed by atoms with Gasteiger partial charge in [-0.25, -0.2) is 0 Å². The number of aliphatic hydroxyl groups is 1. The van der Waals surface area contributed by atoms with Gasteiger partial charge in [-0.2, -0.15) is 0 Å². The highest BCUT2D eigenvalue weighted by atomic mass is 16.5. The lowest BCUT2D eigenvalue weighted by Crippen LogP contribution is -2.37. The molecule has 1 saturated carbocycles. The predicted molar refractivity (Wildman–Crippen MR) is 65.6 cm³/mol. The molecule has 1 atom stereocenters. The number of nitrogens with zero attached hydrogens (tertiary/aromatic N) is 1. The predicted octanol–water partition coefficient (Wildman–Crippen LogP) is 0.458. The average molecular weight is 230 g/mol. The van der Waals surface area contributed by atoms with Crippen LogP contribution < -0.4 is 5.32 Å². The van der Waals surface area contributed by atoms with Gasteiger partial charge in [0.1, 0.15) is 0 Å². The fourth-order valence-corrected chi connectivity index (χ4v) is 1.84. The number of likely N-dealkylation sites (N-methyl/N-ethyl adjacent to an activating group) is 1. The van der Waals surface area contributed by atoms with E-state index >= 15 is 0 Å². The summed E-state index contributed by atoms with van der Waals surface area (Å²) in [5, 5.41) is 12.8. The van der Waals surface area contributed by atoms with Crippen LogP contribution in [0.2, 0.25) is 0 Å². The van der Waals surface area contributed by atoms with Crippen molar-refractivity contribution in [1.82, 2.24) is 10.2 Å². The molecule has 0 aromatic carbocycles. The van der Waals surface area contributed by atoms with Crippen molar-refractivity contribution < 1.29 is 9.84 Å². The maximum absolute atomic E-state index is 9.52. The molecule has 0 aromatic heterocycles. The normalized spacial score (nSPS) is 18.0. The molecule has 96 valence electrons. The van der Waals surface area contributed by atoms with Crippen LogP contribution in [-0.2, 0) is 4.74 Å². The standard InChI is InChI=1S/C12H26N2O2/c1-3-14(11-5-6-11)8-7-13-9-12(15)10-16-4-2/h11-13,15H,3-10H2,1-2H3. The fourth-order valence-electron chi connectivity index (χ4n) is 1.84. The van der Waals surface area contributed by atoms with Crippen LogP contribution in [0.25, 0.3) is 0 Å². The van der Waals surface area contributed by atoms with Gasteiger partial charge in [0, 0.05) is 32.3 Å². The van der Waals surface area contributed by atoms with E-state index in [2.05, 4.69) is 17.1 Å². The first-order valence-corrected chi connectivity index (χ1v) is 6.48. The Morgan fingerprint density at radius 1 is 1.44 bits per heavy atom. The molecular weight excluding hydrogens is 204 g/mol. The van der Waals surface area contributed by atoms with Crippen LogP contribution in [0.5, 0.6) is 0 Å². The third-order valence-electron chi connectivity index (χ3n) is 2.94. The van der Waals surface area contributed by atoms with Crippen molar-refractivity contribution in [1.29, 1.82) is 0 Å². The van der Waals surface area contributed by atoms with Crippen LogP contribution in [0.15, 0.2) is 0 Å². The number of nitrogens with one attached hydrogen (secondary N) is 1. The molecule has 16 heavy (non-hydrogen) atoms. The SMILES string of the molecule is CCOCC(O)CNCCN(CC)C1CC1. The zero-order valence-corrected chi connectivity index (χ0v) is 10.6. The van der Waals surface area contributed by atoms with E-state index in [1.54, 1.807) is 0 Å². The van der Waals surface area contributed by atoms with Crippen LogP contribution in [0.3, 0.4) is 0 Å². The molecule has 1 rings (SSSR count). The van der Waals surface area contributed by atoms with E-state index in [1.807, 2.05) is 6.92 Å². The largest absolute Gasteiger partial charge is 0.389 e. The summed E-state index contributed by atoms with van der Waals surface area (Å²) in [5.41, 5.74) is 0. The molecule has 0 amide bonds. The minimum absolute atomic E-state index is 0.379. The Labute approximate surface area is 99.0 Å². The van der Waals surface area contributed by atoms with Crippen molar-refractivity contribution >= 4 is 0 Å². The molecular formula is C12H26N2O2. The van der Waals surface area contributed by atoms with Gasteiger partial charge in [-0.1, -0.05) is 6.92 Å². The summed E-state index contributed by atoms with van der Waals surface area (Å²) < 4.78 is 5.14. The molecule has 1 unspecified atom stereocenters. The maximum Gasteiger partial charge on any atom is 0.0897 e. The third kappa shape index (κ3) is 5.80. The topological polar surface area (TPSA) is 44.7 Å². The average Bonchev–Trinajstić information content (AvgIpc) is 3.10. The number of hydrogen-bond donors (Lipinski definition) is 2. The second-order valence-corrected chi connectivity index (χ2v) is 4.38. The van der Waals surface area contributed by atoms with Gasteiger partial charge < -0.3 is 15.2 Å².